The van der Waals surface area contributed by atoms with Gasteiger partial charge in [-0.1, -0.05) is 0 Å². The molecule has 8 heteroatoms. The highest BCUT2D eigenvalue weighted by molar-refractivity contribution is 7.15. The Morgan fingerprint density at radius 3 is 3.17 bits per heavy atom. The minimum Gasteiger partial charge on any atom is -0.456 e. The molecule has 0 saturated heterocycles. The molecule has 0 radical (unpaired) electrons. The molecule has 1 atom stereocenters. The first-order valence-corrected chi connectivity index (χ1v) is 8.17. The van der Waals surface area contributed by atoms with Gasteiger partial charge in [0.15, 0.2) is 10.8 Å². The van der Waals surface area contributed by atoms with E-state index in [0.717, 1.165) is 39.1 Å². The van der Waals surface area contributed by atoms with Gasteiger partial charge in [-0.3, -0.25) is 9.50 Å². The van der Waals surface area contributed by atoms with Crippen LogP contribution in [0, 0.1) is 13.8 Å². The van der Waals surface area contributed by atoms with E-state index in [-0.39, 0.29) is 18.5 Å². The molecule has 116 valence electrons. The molecule has 23 heavy (non-hydrogen) atoms. The number of anilines is 1. The number of aromatic amines is 1. The van der Waals surface area contributed by atoms with Crippen molar-refractivity contribution in [2.45, 2.75) is 19.8 Å². The van der Waals surface area contributed by atoms with Crippen LogP contribution >= 0.6 is 11.3 Å². The molecule has 0 fully saturated rings. The molecule has 5 rings (SSSR count). The molecule has 5 heterocycles. The van der Waals surface area contributed by atoms with Crippen LogP contribution < -0.4 is 5.32 Å². The lowest BCUT2D eigenvalue weighted by atomic mass is 9.84. The summed E-state index contributed by atoms with van der Waals surface area (Å²) in [6.07, 6.45) is 1.99. The molecule has 7 nitrogen and oxygen atoms in total. The molecular weight excluding hydrogens is 314 g/mol. The predicted octanol–water partition coefficient (Wildman–Crippen LogP) is 2.10. The van der Waals surface area contributed by atoms with Gasteiger partial charge in [-0.25, -0.2) is 9.78 Å². The van der Waals surface area contributed by atoms with Gasteiger partial charge in [-0.15, -0.1) is 11.3 Å². The number of hydrogen-bond donors (Lipinski definition) is 2. The van der Waals surface area contributed by atoms with Gasteiger partial charge in [0.05, 0.1) is 28.6 Å². The van der Waals surface area contributed by atoms with Crippen LogP contribution in [0.1, 0.15) is 28.6 Å². The SMILES string of the molecule is Cc1nc2sccn2c1[C@H]1C2=C(COC2=O)Nc2n[nH]c(C)c21. The van der Waals surface area contributed by atoms with Crippen molar-refractivity contribution < 1.29 is 9.53 Å². The number of carbonyl (C=O) groups excluding carboxylic acids is 1. The first kappa shape index (κ1) is 12.9. The number of H-pyrrole nitrogens is 1. The minimum absolute atomic E-state index is 0.223. The van der Waals surface area contributed by atoms with Crippen molar-refractivity contribution in [2.24, 2.45) is 0 Å². The maximum atomic E-state index is 12.4. The van der Waals surface area contributed by atoms with Crippen molar-refractivity contribution in [2.75, 3.05) is 11.9 Å². The van der Waals surface area contributed by atoms with Gasteiger partial charge in [-0.2, -0.15) is 5.10 Å². The van der Waals surface area contributed by atoms with Crippen molar-refractivity contribution in [3.8, 4) is 0 Å². The predicted molar refractivity (Wildman–Crippen MR) is 84.6 cm³/mol. The number of nitrogens with one attached hydrogen (secondary N) is 2. The molecule has 0 unspecified atom stereocenters. The number of rotatable bonds is 1. The van der Waals surface area contributed by atoms with E-state index in [1.807, 2.05) is 25.4 Å². The lowest BCUT2D eigenvalue weighted by Gasteiger charge is -2.24. The van der Waals surface area contributed by atoms with Crippen molar-refractivity contribution in [3.63, 3.8) is 0 Å². The van der Waals surface area contributed by atoms with E-state index < -0.39 is 0 Å². The third-order valence-corrected chi connectivity index (χ3v) is 5.25. The molecular formula is C15H13N5O2S. The second kappa shape index (κ2) is 4.23. The highest BCUT2D eigenvalue weighted by atomic mass is 32.1. The maximum absolute atomic E-state index is 12.4. The van der Waals surface area contributed by atoms with Crippen LogP contribution in [0.4, 0.5) is 5.82 Å². The molecule has 0 bridgehead atoms. The Labute approximate surface area is 135 Å². The number of carbonyl (C=O) groups is 1. The summed E-state index contributed by atoms with van der Waals surface area (Å²) < 4.78 is 7.32. The van der Waals surface area contributed by atoms with Gasteiger partial charge >= 0.3 is 5.97 Å². The molecule has 2 aliphatic rings. The van der Waals surface area contributed by atoms with Gasteiger partial charge in [0, 0.05) is 22.8 Å². The summed E-state index contributed by atoms with van der Waals surface area (Å²) in [4.78, 5) is 17.9. The number of ether oxygens (including phenoxy) is 1. The summed E-state index contributed by atoms with van der Waals surface area (Å²) in [6.45, 7) is 4.21. The van der Waals surface area contributed by atoms with Crippen LogP contribution in [-0.4, -0.2) is 32.2 Å². The van der Waals surface area contributed by atoms with E-state index >= 15 is 0 Å². The first-order valence-electron chi connectivity index (χ1n) is 7.29. The second-order valence-electron chi connectivity index (χ2n) is 5.78. The van der Waals surface area contributed by atoms with Gasteiger partial charge < -0.3 is 10.1 Å². The highest BCUT2D eigenvalue weighted by Crippen LogP contribution is 2.45. The quantitative estimate of drug-likeness (QED) is 0.669. The van der Waals surface area contributed by atoms with Crippen molar-refractivity contribution in [3.05, 3.63) is 45.5 Å². The minimum atomic E-state index is -0.270. The number of fused-ring (bicyclic) bond motifs is 2. The van der Waals surface area contributed by atoms with E-state index in [1.165, 1.54) is 0 Å². The standard InChI is InChI=1S/C15H13N5O2S/c1-6-9-11(12-7(2)16-15-20(12)3-4-23-15)10-8(5-22-14(10)21)17-13(9)19-18-6/h3-4,11H,5H2,1-2H3,(H2,17,18,19)/t11-/m1/s1. The number of cyclic esters (lactones) is 1. The average molecular weight is 327 g/mol. The average Bonchev–Trinajstić information content (AvgIpc) is 3.24. The number of thiazole rings is 1. The molecule has 0 amide bonds. The fourth-order valence-electron chi connectivity index (χ4n) is 3.52. The molecule has 2 aliphatic heterocycles. The number of esters is 1. The highest BCUT2D eigenvalue weighted by Gasteiger charge is 2.42. The topological polar surface area (TPSA) is 84.3 Å². The van der Waals surface area contributed by atoms with Crippen LogP contribution in [0.2, 0.25) is 0 Å². The summed E-state index contributed by atoms with van der Waals surface area (Å²) in [6, 6.07) is 0. The third-order valence-electron chi connectivity index (χ3n) is 4.49. The molecule has 3 aromatic heterocycles. The van der Waals surface area contributed by atoms with E-state index in [2.05, 4.69) is 24.9 Å². The van der Waals surface area contributed by atoms with Gasteiger partial charge in [-0.05, 0) is 13.8 Å². The number of hydrogen-bond acceptors (Lipinski definition) is 6. The molecule has 0 aromatic carbocycles. The van der Waals surface area contributed by atoms with Crippen molar-refractivity contribution in [1.29, 1.82) is 0 Å². The normalized spacial score (nSPS) is 19.7. The van der Waals surface area contributed by atoms with E-state index in [1.54, 1.807) is 11.3 Å². The fourth-order valence-corrected chi connectivity index (χ4v) is 4.28. The monoisotopic (exact) mass is 327 g/mol. The maximum Gasteiger partial charge on any atom is 0.337 e. The Morgan fingerprint density at radius 2 is 2.30 bits per heavy atom. The zero-order valence-electron chi connectivity index (χ0n) is 12.5. The molecule has 0 aliphatic carbocycles. The number of nitrogens with zero attached hydrogens (tertiary/aromatic N) is 3. The van der Waals surface area contributed by atoms with Gasteiger partial charge in [0.2, 0.25) is 0 Å². The summed E-state index contributed by atoms with van der Waals surface area (Å²) in [7, 11) is 0. The lowest BCUT2D eigenvalue weighted by molar-refractivity contribution is -0.136. The van der Waals surface area contributed by atoms with Crippen molar-refractivity contribution >= 4 is 28.1 Å². The van der Waals surface area contributed by atoms with Crippen LogP contribution in [0.3, 0.4) is 0 Å². The molecule has 3 aromatic rings. The Bertz CT molecular complexity index is 1010. The lowest BCUT2D eigenvalue weighted by Crippen LogP contribution is -2.21. The van der Waals surface area contributed by atoms with Gasteiger partial charge in [0.25, 0.3) is 0 Å². The van der Waals surface area contributed by atoms with E-state index in [0.29, 0.717) is 5.57 Å². The largest absolute Gasteiger partial charge is 0.456 e. The summed E-state index contributed by atoms with van der Waals surface area (Å²) >= 11 is 1.58. The fraction of sp³-hybridized carbons (Fsp3) is 0.267. The van der Waals surface area contributed by atoms with Crippen LogP contribution in [0.15, 0.2) is 22.8 Å². The Balaban J connectivity index is 1.85. The molecule has 2 N–H and O–H groups in total. The third kappa shape index (κ3) is 1.56. The van der Waals surface area contributed by atoms with Crippen LogP contribution in [0.25, 0.3) is 4.96 Å². The number of aryl methyl sites for hydroxylation is 2. The zero-order chi connectivity index (χ0) is 15.7. The summed E-state index contributed by atoms with van der Waals surface area (Å²) in [5, 5.41) is 12.6. The first-order chi connectivity index (χ1) is 11.1. The van der Waals surface area contributed by atoms with Crippen molar-refractivity contribution in [1.82, 2.24) is 19.6 Å². The number of imidazole rings is 1. The Morgan fingerprint density at radius 1 is 1.43 bits per heavy atom. The second-order valence-corrected chi connectivity index (χ2v) is 6.65. The molecule has 0 saturated carbocycles. The summed E-state index contributed by atoms with van der Waals surface area (Å²) in [5.41, 5.74) is 5.30. The Hall–Kier alpha value is -2.61. The Kier molecular flexibility index (Phi) is 2.37. The number of aromatic nitrogens is 4. The smallest absolute Gasteiger partial charge is 0.337 e. The van der Waals surface area contributed by atoms with E-state index in [9.17, 15) is 4.79 Å². The van der Waals surface area contributed by atoms with Gasteiger partial charge in [0.1, 0.15) is 6.61 Å². The summed E-state index contributed by atoms with van der Waals surface area (Å²) in [5.74, 6) is 0.266. The molecule has 0 spiro atoms. The zero-order valence-corrected chi connectivity index (χ0v) is 13.3. The van der Waals surface area contributed by atoms with E-state index in [4.69, 9.17) is 4.74 Å². The van der Waals surface area contributed by atoms with Crippen LogP contribution in [0.5, 0.6) is 0 Å². The van der Waals surface area contributed by atoms with Crippen LogP contribution in [-0.2, 0) is 9.53 Å².